The molecular weight excluding hydrogens is 321 g/mol. The Labute approximate surface area is 148 Å². The Morgan fingerprint density at radius 1 is 1.08 bits per heavy atom. The molecule has 2 aliphatic rings. The number of hydrogen-bond donors (Lipinski definition) is 1. The van der Waals surface area contributed by atoms with Crippen LogP contribution in [0.3, 0.4) is 0 Å². The van der Waals surface area contributed by atoms with Crippen LogP contribution < -0.4 is 5.73 Å². The molecule has 0 unspecified atom stereocenters. The minimum absolute atomic E-state index is 0.0375. The summed E-state index contributed by atoms with van der Waals surface area (Å²) < 4.78 is 13.4. The second-order valence-electron chi connectivity index (χ2n) is 7.01. The van der Waals surface area contributed by atoms with Gasteiger partial charge in [-0.15, -0.1) is 0 Å². The van der Waals surface area contributed by atoms with Gasteiger partial charge >= 0.3 is 0 Å². The van der Waals surface area contributed by atoms with Gasteiger partial charge in [0.2, 0.25) is 5.91 Å². The van der Waals surface area contributed by atoms with E-state index >= 15 is 0 Å². The number of benzene rings is 1. The fraction of sp³-hybridized carbons (Fsp3) is 0.579. The number of rotatable bonds is 3. The average molecular weight is 347 g/mol. The van der Waals surface area contributed by atoms with Crippen molar-refractivity contribution in [1.82, 2.24) is 9.80 Å². The van der Waals surface area contributed by atoms with Gasteiger partial charge in [0.1, 0.15) is 5.82 Å². The Morgan fingerprint density at radius 3 is 2.60 bits per heavy atom. The first kappa shape index (κ1) is 17.9. The summed E-state index contributed by atoms with van der Waals surface area (Å²) in [6, 6.07) is 5.77. The van der Waals surface area contributed by atoms with Crippen LogP contribution in [0, 0.1) is 17.7 Å². The first-order chi connectivity index (χ1) is 12.1. The number of nitrogens with two attached hydrogens (primary N) is 1. The molecule has 1 saturated carbocycles. The number of amides is 2. The predicted molar refractivity (Wildman–Crippen MR) is 93.4 cm³/mol. The van der Waals surface area contributed by atoms with Crippen molar-refractivity contribution in [2.45, 2.75) is 25.7 Å². The monoisotopic (exact) mass is 347 g/mol. The van der Waals surface area contributed by atoms with E-state index in [0.29, 0.717) is 44.2 Å². The highest BCUT2D eigenvalue weighted by Crippen LogP contribution is 2.32. The summed E-state index contributed by atoms with van der Waals surface area (Å²) in [5.74, 6) is -0.0645. The molecule has 1 aliphatic carbocycles. The lowest BCUT2D eigenvalue weighted by Gasteiger charge is -2.27. The molecule has 1 aromatic rings. The second-order valence-corrected chi connectivity index (χ2v) is 7.01. The number of hydrogen-bond acceptors (Lipinski definition) is 3. The zero-order valence-electron chi connectivity index (χ0n) is 14.5. The largest absolute Gasteiger partial charge is 0.341 e. The lowest BCUT2D eigenvalue weighted by atomic mass is 9.94. The van der Waals surface area contributed by atoms with Crippen molar-refractivity contribution in [2.24, 2.45) is 17.6 Å². The molecule has 2 N–H and O–H groups in total. The molecule has 6 heteroatoms. The van der Waals surface area contributed by atoms with Gasteiger partial charge in [0, 0.05) is 37.7 Å². The maximum absolute atomic E-state index is 13.4. The van der Waals surface area contributed by atoms with Gasteiger partial charge in [0.25, 0.3) is 5.91 Å². The maximum Gasteiger partial charge on any atom is 0.254 e. The van der Waals surface area contributed by atoms with Crippen molar-refractivity contribution < 1.29 is 14.0 Å². The molecule has 136 valence electrons. The van der Waals surface area contributed by atoms with Crippen LogP contribution in [-0.4, -0.2) is 54.3 Å². The quantitative estimate of drug-likeness (QED) is 0.908. The van der Waals surface area contributed by atoms with Gasteiger partial charge in [0.15, 0.2) is 0 Å². The molecule has 2 amide bonds. The Morgan fingerprint density at radius 2 is 1.84 bits per heavy atom. The zero-order chi connectivity index (χ0) is 17.8. The van der Waals surface area contributed by atoms with E-state index in [1.54, 1.807) is 17.0 Å². The molecule has 1 aliphatic heterocycles. The van der Waals surface area contributed by atoms with Crippen molar-refractivity contribution in [3.05, 3.63) is 35.6 Å². The molecule has 1 heterocycles. The highest BCUT2D eigenvalue weighted by Gasteiger charge is 2.35. The number of carbonyl (C=O) groups is 2. The summed E-state index contributed by atoms with van der Waals surface area (Å²) in [4.78, 5) is 29.0. The Balaban J connectivity index is 1.62. The van der Waals surface area contributed by atoms with Crippen molar-refractivity contribution in [3.63, 3.8) is 0 Å². The van der Waals surface area contributed by atoms with Gasteiger partial charge in [-0.25, -0.2) is 4.39 Å². The average Bonchev–Trinajstić information content (AvgIpc) is 2.96. The standard InChI is InChI=1S/C19H26FN3O2/c20-16-6-1-4-14(12-16)18(24)22-8-3-9-23(11-10-22)19(25)17-7-2-5-15(17)13-21/h1,4,6,12,15,17H,2-3,5,7-11,13,21H2/t15-,17-/m1/s1. The van der Waals surface area contributed by atoms with E-state index < -0.39 is 5.82 Å². The molecule has 2 fully saturated rings. The lowest BCUT2D eigenvalue weighted by Crippen LogP contribution is -2.41. The molecule has 0 radical (unpaired) electrons. The van der Waals surface area contributed by atoms with E-state index in [1.807, 2.05) is 4.90 Å². The topological polar surface area (TPSA) is 66.6 Å². The molecule has 0 spiro atoms. The van der Waals surface area contributed by atoms with Crippen molar-refractivity contribution in [2.75, 3.05) is 32.7 Å². The number of halogens is 1. The van der Waals surface area contributed by atoms with E-state index in [9.17, 15) is 14.0 Å². The summed E-state index contributed by atoms with van der Waals surface area (Å²) in [6.07, 6.45) is 3.76. The Bertz CT molecular complexity index is 637. The fourth-order valence-electron chi connectivity index (χ4n) is 4.02. The van der Waals surface area contributed by atoms with E-state index in [4.69, 9.17) is 5.73 Å². The minimum Gasteiger partial charge on any atom is -0.341 e. The van der Waals surface area contributed by atoms with Gasteiger partial charge in [-0.3, -0.25) is 9.59 Å². The normalized spacial score (nSPS) is 24.2. The van der Waals surface area contributed by atoms with E-state index in [2.05, 4.69) is 0 Å². The maximum atomic E-state index is 13.4. The third kappa shape index (κ3) is 4.00. The van der Waals surface area contributed by atoms with E-state index in [1.165, 1.54) is 12.1 Å². The van der Waals surface area contributed by atoms with Crippen molar-refractivity contribution >= 4 is 11.8 Å². The van der Waals surface area contributed by atoms with Crippen LogP contribution in [0.25, 0.3) is 0 Å². The molecule has 3 rings (SSSR count). The van der Waals surface area contributed by atoms with Crippen LogP contribution in [0.1, 0.15) is 36.0 Å². The third-order valence-corrected chi connectivity index (χ3v) is 5.45. The smallest absolute Gasteiger partial charge is 0.254 e. The molecule has 0 aromatic heterocycles. The Kier molecular flexibility index (Phi) is 5.68. The minimum atomic E-state index is -0.411. The van der Waals surface area contributed by atoms with Gasteiger partial charge in [-0.05, 0) is 49.9 Å². The van der Waals surface area contributed by atoms with Crippen LogP contribution in [-0.2, 0) is 4.79 Å². The fourth-order valence-corrected chi connectivity index (χ4v) is 4.02. The predicted octanol–water partition coefficient (Wildman–Crippen LogP) is 1.88. The first-order valence-electron chi connectivity index (χ1n) is 9.14. The zero-order valence-corrected chi connectivity index (χ0v) is 14.5. The molecule has 5 nitrogen and oxygen atoms in total. The molecule has 2 atom stereocenters. The number of carbonyl (C=O) groups excluding carboxylic acids is 2. The number of nitrogens with zero attached hydrogens (tertiary/aromatic N) is 2. The van der Waals surface area contributed by atoms with Gasteiger partial charge in [-0.2, -0.15) is 0 Å². The van der Waals surface area contributed by atoms with E-state index in [0.717, 1.165) is 25.7 Å². The van der Waals surface area contributed by atoms with Crippen molar-refractivity contribution in [1.29, 1.82) is 0 Å². The van der Waals surface area contributed by atoms with Gasteiger partial charge in [0.05, 0.1) is 0 Å². The summed E-state index contributed by atoms with van der Waals surface area (Å²) in [5, 5.41) is 0. The second kappa shape index (κ2) is 7.95. The van der Waals surface area contributed by atoms with Gasteiger partial charge in [-0.1, -0.05) is 12.5 Å². The Hall–Kier alpha value is -1.95. The first-order valence-corrected chi connectivity index (χ1v) is 9.14. The van der Waals surface area contributed by atoms with E-state index in [-0.39, 0.29) is 17.7 Å². The SMILES string of the molecule is NC[C@H]1CCC[C@H]1C(=O)N1CCCN(C(=O)c2cccc(F)c2)CC1. The highest BCUT2D eigenvalue weighted by molar-refractivity contribution is 5.94. The summed E-state index contributed by atoms with van der Waals surface area (Å²) >= 11 is 0. The molecule has 25 heavy (non-hydrogen) atoms. The molecular formula is C19H26FN3O2. The van der Waals surface area contributed by atoms with Crippen molar-refractivity contribution in [3.8, 4) is 0 Å². The van der Waals surface area contributed by atoms with Gasteiger partial charge < -0.3 is 15.5 Å². The molecule has 1 aromatic carbocycles. The lowest BCUT2D eigenvalue weighted by molar-refractivity contribution is -0.136. The van der Waals surface area contributed by atoms with Crippen LogP contribution in [0.4, 0.5) is 4.39 Å². The third-order valence-electron chi connectivity index (χ3n) is 5.45. The van der Waals surface area contributed by atoms with Crippen LogP contribution in [0.5, 0.6) is 0 Å². The van der Waals surface area contributed by atoms with Crippen LogP contribution >= 0.6 is 0 Å². The van der Waals surface area contributed by atoms with Crippen LogP contribution in [0.2, 0.25) is 0 Å². The highest BCUT2D eigenvalue weighted by atomic mass is 19.1. The molecule has 1 saturated heterocycles. The molecule has 0 bridgehead atoms. The summed E-state index contributed by atoms with van der Waals surface area (Å²) in [5.41, 5.74) is 6.17. The summed E-state index contributed by atoms with van der Waals surface area (Å²) in [7, 11) is 0. The summed E-state index contributed by atoms with van der Waals surface area (Å²) in [6.45, 7) is 2.84. The van der Waals surface area contributed by atoms with Crippen LogP contribution in [0.15, 0.2) is 24.3 Å².